The molecule has 0 amide bonds. The van der Waals surface area contributed by atoms with Crippen LogP contribution in [0.2, 0.25) is 0 Å². The van der Waals surface area contributed by atoms with Gasteiger partial charge in [0.15, 0.2) is 11.3 Å². The van der Waals surface area contributed by atoms with Crippen LogP contribution in [0.3, 0.4) is 0 Å². The van der Waals surface area contributed by atoms with E-state index in [-0.39, 0.29) is 0 Å². The Bertz CT molecular complexity index is 1290. The highest BCUT2D eigenvalue weighted by atomic mass is 32.1. The second-order valence-electron chi connectivity index (χ2n) is 6.39. The van der Waals surface area contributed by atoms with E-state index in [1.165, 1.54) is 0 Å². The fraction of sp³-hybridized carbons (Fsp3) is 0.211. The third kappa shape index (κ3) is 2.89. The van der Waals surface area contributed by atoms with Crippen LogP contribution in [0.5, 0.6) is 5.88 Å². The predicted molar refractivity (Wildman–Crippen MR) is 105 cm³/mol. The van der Waals surface area contributed by atoms with Gasteiger partial charge in [-0.05, 0) is 19.9 Å². The third-order valence-corrected chi connectivity index (χ3v) is 5.17. The van der Waals surface area contributed by atoms with E-state index in [0.29, 0.717) is 35.4 Å². The Morgan fingerprint density at radius 1 is 1.14 bits per heavy atom. The number of hydrogen-bond acceptors (Lipinski definition) is 8. The number of ether oxygens (including phenoxy) is 1. The molecular weight excluding hydrogens is 376 g/mol. The molecule has 4 heterocycles. The number of nitrogens with zero attached hydrogens (tertiary/aromatic N) is 6. The van der Waals surface area contributed by atoms with Crippen LogP contribution in [0, 0.1) is 13.8 Å². The number of aryl methyl sites for hydroxylation is 2. The minimum atomic E-state index is 0.478. The first-order valence-electron chi connectivity index (χ1n) is 8.81. The molecule has 4 aromatic heterocycles. The monoisotopic (exact) mass is 392 g/mol. The van der Waals surface area contributed by atoms with Gasteiger partial charge in [0, 0.05) is 28.6 Å². The molecule has 0 aliphatic carbocycles. The summed E-state index contributed by atoms with van der Waals surface area (Å²) in [5.74, 6) is 1.73. The van der Waals surface area contributed by atoms with Crippen molar-refractivity contribution in [3.05, 3.63) is 52.2 Å². The van der Waals surface area contributed by atoms with E-state index in [1.807, 2.05) is 38.1 Å². The Labute approximate surface area is 163 Å². The van der Waals surface area contributed by atoms with Crippen molar-refractivity contribution in [3.8, 4) is 17.4 Å². The maximum atomic E-state index is 6.04. The lowest BCUT2D eigenvalue weighted by Crippen LogP contribution is -2.06. The van der Waals surface area contributed by atoms with Crippen LogP contribution in [0.15, 0.2) is 40.2 Å². The van der Waals surface area contributed by atoms with Gasteiger partial charge in [-0.1, -0.05) is 23.4 Å². The zero-order chi connectivity index (χ0) is 19.1. The quantitative estimate of drug-likeness (QED) is 0.451. The van der Waals surface area contributed by atoms with Gasteiger partial charge < -0.3 is 9.26 Å². The molecular formula is C19H16N6O2S. The molecule has 5 rings (SSSR count). The molecule has 140 valence electrons. The lowest BCUT2D eigenvalue weighted by molar-refractivity contribution is 0.308. The molecule has 0 spiro atoms. The number of thiazole rings is 1. The normalized spacial score (nSPS) is 11.5. The van der Waals surface area contributed by atoms with Crippen LogP contribution in [-0.2, 0) is 6.42 Å². The van der Waals surface area contributed by atoms with Crippen molar-refractivity contribution in [2.45, 2.75) is 20.3 Å². The van der Waals surface area contributed by atoms with Crippen LogP contribution in [0.1, 0.15) is 16.5 Å². The molecule has 0 aliphatic heterocycles. The summed E-state index contributed by atoms with van der Waals surface area (Å²) in [6.45, 7) is 4.31. The van der Waals surface area contributed by atoms with Gasteiger partial charge >= 0.3 is 0 Å². The smallest absolute Gasteiger partial charge is 0.239 e. The lowest BCUT2D eigenvalue weighted by Gasteiger charge is -2.09. The second kappa shape index (κ2) is 6.68. The number of hydrogen-bond donors (Lipinski definition) is 0. The van der Waals surface area contributed by atoms with E-state index in [4.69, 9.17) is 9.26 Å². The predicted octanol–water partition coefficient (Wildman–Crippen LogP) is 3.63. The van der Waals surface area contributed by atoms with Crippen molar-refractivity contribution < 1.29 is 9.26 Å². The standard InChI is InChI=1S/C19H16N6O2S/c1-11-9-16(24-27-11)18-22-21-17-14-5-3-4-6-15(14)19(23-25(17)18)26-8-7-13-10-28-12(2)20-13/h3-6,9-10H,7-8H2,1-2H3. The summed E-state index contributed by atoms with van der Waals surface area (Å²) in [5, 5.41) is 22.2. The van der Waals surface area contributed by atoms with E-state index < -0.39 is 0 Å². The number of fused-ring (bicyclic) bond motifs is 3. The number of benzene rings is 1. The first kappa shape index (κ1) is 16.8. The fourth-order valence-electron chi connectivity index (χ4n) is 3.07. The van der Waals surface area contributed by atoms with Crippen LogP contribution in [0.4, 0.5) is 0 Å². The molecule has 0 saturated carbocycles. The third-order valence-electron chi connectivity index (χ3n) is 4.35. The molecule has 0 unspecified atom stereocenters. The Hall–Kier alpha value is -3.33. The Balaban J connectivity index is 1.56. The minimum absolute atomic E-state index is 0.478. The number of rotatable bonds is 5. The molecule has 5 aromatic rings. The van der Waals surface area contributed by atoms with E-state index >= 15 is 0 Å². The van der Waals surface area contributed by atoms with E-state index in [2.05, 4.69) is 30.8 Å². The topological polar surface area (TPSA) is 91.2 Å². The van der Waals surface area contributed by atoms with Gasteiger partial charge in [-0.2, -0.15) is 4.52 Å². The molecule has 0 atom stereocenters. The lowest BCUT2D eigenvalue weighted by atomic mass is 10.2. The summed E-state index contributed by atoms with van der Waals surface area (Å²) in [5.41, 5.74) is 2.25. The Morgan fingerprint density at radius 3 is 2.75 bits per heavy atom. The molecule has 0 radical (unpaired) electrons. The van der Waals surface area contributed by atoms with E-state index in [9.17, 15) is 0 Å². The second-order valence-corrected chi connectivity index (χ2v) is 7.45. The van der Waals surface area contributed by atoms with Crippen LogP contribution in [-0.4, -0.2) is 36.6 Å². The molecule has 28 heavy (non-hydrogen) atoms. The van der Waals surface area contributed by atoms with Gasteiger partial charge in [0.2, 0.25) is 11.7 Å². The van der Waals surface area contributed by atoms with Gasteiger partial charge in [-0.15, -0.1) is 26.6 Å². The van der Waals surface area contributed by atoms with Crippen molar-refractivity contribution >= 4 is 27.8 Å². The Kier molecular flexibility index (Phi) is 4.01. The van der Waals surface area contributed by atoms with Crippen molar-refractivity contribution in [1.82, 2.24) is 30.0 Å². The first-order valence-corrected chi connectivity index (χ1v) is 9.68. The van der Waals surface area contributed by atoms with Crippen LogP contribution < -0.4 is 4.74 Å². The van der Waals surface area contributed by atoms with Gasteiger partial charge in [-0.3, -0.25) is 0 Å². The van der Waals surface area contributed by atoms with Crippen molar-refractivity contribution in [3.63, 3.8) is 0 Å². The molecule has 1 aromatic carbocycles. The highest BCUT2D eigenvalue weighted by molar-refractivity contribution is 7.09. The summed E-state index contributed by atoms with van der Waals surface area (Å²) in [6, 6.07) is 9.67. The molecule has 0 fully saturated rings. The van der Waals surface area contributed by atoms with Crippen LogP contribution in [0.25, 0.3) is 27.9 Å². The SMILES string of the molecule is Cc1cc(-c2nnc3c4ccccc4c(OCCc4csc(C)n4)nn23)no1. The summed E-state index contributed by atoms with van der Waals surface area (Å²) in [7, 11) is 0. The summed E-state index contributed by atoms with van der Waals surface area (Å²) >= 11 is 1.64. The van der Waals surface area contributed by atoms with Crippen molar-refractivity contribution in [2.75, 3.05) is 6.61 Å². The molecule has 9 heteroatoms. The van der Waals surface area contributed by atoms with Crippen LogP contribution >= 0.6 is 11.3 Å². The van der Waals surface area contributed by atoms with Crippen molar-refractivity contribution in [1.29, 1.82) is 0 Å². The Morgan fingerprint density at radius 2 is 2.00 bits per heavy atom. The average molecular weight is 392 g/mol. The maximum Gasteiger partial charge on any atom is 0.239 e. The van der Waals surface area contributed by atoms with Gasteiger partial charge in [-0.25, -0.2) is 4.98 Å². The zero-order valence-electron chi connectivity index (χ0n) is 15.3. The largest absolute Gasteiger partial charge is 0.476 e. The summed E-state index contributed by atoms with van der Waals surface area (Å²) in [4.78, 5) is 4.48. The summed E-state index contributed by atoms with van der Waals surface area (Å²) < 4.78 is 12.9. The summed E-state index contributed by atoms with van der Waals surface area (Å²) in [6.07, 6.45) is 0.718. The van der Waals surface area contributed by atoms with Gasteiger partial charge in [0.25, 0.3) is 0 Å². The fourth-order valence-corrected chi connectivity index (χ4v) is 3.71. The van der Waals surface area contributed by atoms with Crippen molar-refractivity contribution in [2.24, 2.45) is 0 Å². The van der Waals surface area contributed by atoms with E-state index in [0.717, 1.165) is 27.9 Å². The minimum Gasteiger partial charge on any atom is -0.476 e. The first-order chi connectivity index (χ1) is 13.7. The number of aromatic nitrogens is 6. The molecule has 0 N–H and O–H groups in total. The average Bonchev–Trinajstić information content (AvgIpc) is 3.41. The molecule has 0 aliphatic rings. The maximum absolute atomic E-state index is 6.04. The zero-order valence-corrected chi connectivity index (χ0v) is 16.1. The van der Waals surface area contributed by atoms with Gasteiger partial charge in [0.1, 0.15) is 5.76 Å². The van der Waals surface area contributed by atoms with E-state index in [1.54, 1.807) is 21.9 Å². The highest BCUT2D eigenvalue weighted by Crippen LogP contribution is 2.28. The molecule has 0 bridgehead atoms. The van der Waals surface area contributed by atoms with Gasteiger partial charge in [0.05, 0.1) is 17.3 Å². The molecule has 0 saturated heterocycles. The highest BCUT2D eigenvalue weighted by Gasteiger charge is 2.18. The molecule has 8 nitrogen and oxygen atoms in total.